The van der Waals surface area contributed by atoms with Gasteiger partial charge in [0, 0.05) is 37.3 Å². The van der Waals surface area contributed by atoms with Crippen LogP contribution in [-0.4, -0.2) is 41.3 Å². The van der Waals surface area contributed by atoms with Gasteiger partial charge in [0.1, 0.15) is 17.5 Å². The molecule has 0 spiro atoms. The number of halogens is 2. The molecule has 2 aliphatic heterocycles. The third kappa shape index (κ3) is 5.25. The molecule has 0 aliphatic carbocycles. The molecule has 0 atom stereocenters. The lowest BCUT2D eigenvalue weighted by atomic mass is 10.0. The van der Waals surface area contributed by atoms with Crippen LogP contribution < -0.4 is 9.80 Å². The molecule has 172 valence electrons. The van der Waals surface area contributed by atoms with Gasteiger partial charge < -0.3 is 14.9 Å². The Morgan fingerprint density at radius 2 is 1.67 bits per heavy atom. The summed E-state index contributed by atoms with van der Waals surface area (Å²) in [5.74, 6) is 1.61. The fraction of sp³-hybridized carbons (Fsp3) is 0.308. The Labute approximate surface area is 202 Å². The predicted octanol–water partition coefficient (Wildman–Crippen LogP) is 5.60. The van der Waals surface area contributed by atoms with Gasteiger partial charge in [-0.2, -0.15) is 0 Å². The number of aliphatic hydroxyl groups is 1. The van der Waals surface area contributed by atoms with Crippen LogP contribution in [0.5, 0.6) is 0 Å². The summed E-state index contributed by atoms with van der Waals surface area (Å²) in [5.41, 5.74) is 4.07. The van der Waals surface area contributed by atoms with Gasteiger partial charge in [-0.25, -0.2) is 14.4 Å². The molecule has 1 N–H and O–H groups in total. The maximum Gasteiger partial charge on any atom is 0.143 e. The third-order valence-corrected chi connectivity index (χ3v) is 6.50. The topological polar surface area (TPSA) is 52.5 Å². The SMILES string of the molecule is C=Cc1ccc(-c2cc(C)ccc2F)c(N2CCC2)n1.OCc1ccc(Br)c(N2CCC2)n1. The van der Waals surface area contributed by atoms with E-state index in [9.17, 15) is 4.39 Å². The first-order valence-corrected chi connectivity index (χ1v) is 12.0. The van der Waals surface area contributed by atoms with Crippen LogP contribution in [0.15, 0.2) is 53.5 Å². The minimum atomic E-state index is -0.203. The van der Waals surface area contributed by atoms with Gasteiger partial charge in [-0.15, -0.1) is 0 Å². The Balaban J connectivity index is 0.000000172. The van der Waals surface area contributed by atoms with Crippen molar-refractivity contribution in [1.82, 2.24) is 9.97 Å². The summed E-state index contributed by atoms with van der Waals surface area (Å²) in [7, 11) is 0. The highest BCUT2D eigenvalue weighted by molar-refractivity contribution is 9.10. The molecule has 4 heterocycles. The van der Waals surface area contributed by atoms with E-state index in [1.165, 1.54) is 12.5 Å². The lowest BCUT2D eigenvalue weighted by molar-refractivity contribution is 0.277. The maximum absolute atomic E-state index is 14.1. The van der Waals surface area contributed by atoms with Crippen molar-refractivity contribution in [2.75, 3.05) is 36.0 Å². The highest BCUT2D eigenvalue weighted by atomic mass is 79.9. The number of nitrogens with zero attached hydrogens (tertiary/aromatic N) is 4. The predicted molar refractivity (Wildman–Crippen MR) is 136 cm³/mol. The zero-order valence-corrected chi connectivity index (χ0v) is 20.4. The first-order chi connectivity index (χ1) is 16.0. The van der Waals surface area contributed by atoms with Gasteiger partial charge in [-0.1, -0.05) is 18.2 Å². The molecule has 0 unspecified atom stereocenters. The summed E-state index contributed by atoms with van der Waals surface area (Å²) in [5, 5.41) is 8.93. The lowest BCUT2D eigenvalue weighted by Gasteiger charge is -2.33. The van der Waals surface area contributed by atoms with Gasteiger partial charge in [-0.05, 0) is 78.2 Å². The van der Waals surface area contributed by atoms with E-state index < -0.39 is 0 Å². The summed E-state index contributed by atoms with van der Waals surface area (Å²) in [4.78, 5) is 13.3. The number of anilines is 2. The fourth-order valence-electron chi connectivity index (χ4n) is 3.71. The summed E-state index contributed by atoms with van der Waals surface area (Å²) in [6, 6.07) is 12.8. The second-order valence-corrected chi connectivity index (χ2v) is 9.10. The number of hydrogen-bond donors (Lipinski definition) is 1. The number of benzene rings is 1. The van der Waals surface area contributed by atoms with E-state index >= 15 is 0 Å². The summed E-state index contributed by atoms with van der Waals surface area (Å²) in [6.45, 7) is 9.83. The second kappa shape index (κ2) is 10.4. The van der Waals surface area contributed by atoms with Crippen LogP contribution in [0, 0.1) is 12.7 Å². The molecule has 2 saturated heterocycles. The molecular weight excluding hydrogens is 483 g/mol. The van der Waals surface area contributed by atoms with E-state index in [-0.39, 0.29) is 12.4 Å². The Morgan fingerprint density at radius 3 is 2.27 bits per heavy atom. The molecule has 5 nitrogen and oxygen atoms in total. The molecule has 1 aromatic carbocycles. The number of aromatic nitrogens is 2. The number of aliphatic hydroxyl groups excluding tert-OH is 1. The molecule has 0 radical (unpaired) electrons. The van der Waals surface area contributed by atoms with E-state index in [1.54, 1.807) is 12.1 Å². The number of aryl methyl sites for hydroxylation is 1. The van der Waals surface area contributed by atoms with Crippen LogP contribution in [0.3, 0.4) is 0 Å². The van der Waals surface area contributed by atoms with Crippen LogP contribution in [0.2, 0.25) is 0 Å². The molecule has 2 aliphatic rings. The van der Waals surface area contributed by atoms with Crippen molar-refractivity contribution in [2.24, 2.45) is 0 Å². The molecule has 2 fully saturated rings. The van der Waals surface area contributed by atoms with Crippen LogP contribution in [0.25, 0.3) is 17.2 Å². The first kappa shape index (κ1) is 23.4. The van der Waals surface area contributed by atoms with Crippen LogP contribution in [0.1, 0.15) is 29.8 Å². The smallest absolute Gasteiger partial charge is 0.143 e. The molecule has 0 bridgehead atoms. The molecule has 3 aromatic rings. The molecular formula is C26H28BrFN4O. The number of hydrogen-bond acceptors (Lipinski definition) is 5. The maximum atomic E-state index is 14.1. The van der Waals surface area contributed by atoms with Crippen molar-refractivity contribution in [3.63, 3.8) is 0 Å². The normalized spacial score (nSPS) is 14.7. The fourth-order valence-corrected chi connectivity index (χ4v) is 4.18. The molecule has 0 amide bonds. The van der Waals surface area contributed by atoms with E-state index in [0.717, 1.165) is 71.2 Å². The van der Waals surface area contributed by atoms with Crippen molar-refractivity contribution < 1.29 is 9.50 Å². The third-order valence-electron chi connectivity index (χ3n) is 5.88. The highest BCUT2D eigenvalue weighted by Crippen LogP contribution is 2.34. The van der Waals surface area contributed by atoms with Gasteiger partial charge in [0.05, 0.1) is 22.5 Å². The molecule has 5 rings (SSSR count). The van der Waals surface area contributed by atoms with Crippen LogP contribution >= 0.6 is 15.9 Å². The van der Waals surface area contributed by atoms with Gasteiger partial charge in [0.2, 0.25) is 0 Å². The molecule has 7 heteroatoms. The summed E-state index contributed by atoms with van der Waals surface area (Å²) < 4.78 is 15.1. The van der Waals surface area contributed by atoms with Crippen molar-refractivity contribution >= 4 is 33.6 Å². The highest BCUT2D eigenvalue weighted by Gasteiger charge is 2.22. The summed E-state index contributed by atoms with van der Waals surface area (Å²) in [6.07, 6.45) is 4.12. The first-order valence-electron chi connectivity index (χ1n) is 11.2. The van der Waals surface area contributed by atoms with E-state index in [2.05, 4.69) is 42.3 Å². The standard InChI is InChI=1S/C17H17FN2.C9H11BrN2O/c1-3-13-6-7-14(17(19-13)20-9-4-10-20)15-11-12(2)5-8-16(15)18;10-8-3-2-7(6-13)11-9(8)12-4-1-5-12/h3,5-8,11H,1,4,9-10H2,2H3;2-3,13H,1,4-6H2. The monoisotopic (exact) mass is 510 g/mol. The Kier molecular flexibility index (Phi) is 7.40. The Bertz CT molecular complexity index is 1150. The lowest BCUT2D eigenvalue weighted by Crippen LogP contribution is -2.38. The van der Waals surface area contributed by atoms with Gasteiger partial charge in [0.15, 0.2) is 0 Å². The zero-order valence-electron chi connectivity index (χ0n) is 18.8. The van der Waals surface area contributed by atoms with Crippen LogP contribution in [-0.2, 0) is 6.61 Å². The largest absolute Gasteiger partial charge is 0.390 e. The number of pyridine rings is 2. The summed E-state index contributed by atoms with van der Waals surface area (Å²) >= 11 is 3.45. The van der Waals surface area contributed by atoms with Gasteiger partial charge in [0.25, 0.3) is 0 Å². The average molecular weight is 511 g/mol. The van der Waals surface area contributed by atoms with Crippen molar-refractivity contribution in [2.45, 2.75) is 26.4 Å². The Morgan fingerprint density at radius 1 is 0.970 bits per heavy atom. The van der Waals surface area contributed by atoms with Gasteiger partial charge in [-0.3, -0.25) is 0 Å². The van der Waals surface area contributed by atoms with Gasteiger partial charge >= 0.3 is 0 Å². The number of rotatable bonds is 5. The average Bonchev–Trinajstić information content (AvgIpc) is 2.75. The molecule has 0 saturated carbocycles. The second-order valence-electron chi connectivity index (χ2n) is 8.24. The van der Waals surface area contributed by atoms with E-state index in [0.29, 0.717) is 5.56 Å². The van der Waals surface area contributed by atoms with E-state index in [1.807, 2.05) is 37.3 Å². The van der Waals surface area contributed by atoms with Crippen molar-refractivity contribution in [3.05, 3.63) is 76.3 Å². The minimum absolute atomic E-state index is 0.00806. The minimum Gasteiger partial charge on any atom is -0.390 e. The van der Waals surface area contributed by atoms with E-state index in [4.69, 9.17) is 5.11 Å². The zero-order chi connectivity index (χ0) is 23.4. The Hall–Kier alpha value is -2.77. The van der Waals surface area contributed by atoms with Crippen molar-refractivity contribution in [3.8, 4) is 11.1 Å². The quantitative estimate of drug-likeness (QED) is 0.484. The van der Waals surface area contributed by atoms with Crippen molar-refractivity contribution in [1.29, 1.82) is 0 Å². The van der Waals surface area contributed by atoms with Crippen LogP contribution in [0.4, 0.5) is 16.0 Å². The molecule has 2 aromatic heterocycles. The molecule has 33 heavy (non-hydrogen) atoms.